The minimum atomic E-state index is -4.81. The lowest BCUT2D eigenvalue weighted by Crippen LogP contribution is -2.37. The molecule has 0 atom stereocenters. The molecule has 0 saturated heterocycles. The van der Waals surface area contributed by atoms with Gasteiger partial charge in [0.05, 0.1) is 13.2 Å². The van der Waals surface area contributed by atoms with Crippen molar-refractivity contribution in [3.8, 4) is 0 Å². The molecule has 0 aromatic carbocycles. The molecule has 1 N–H and O–H groups in total. The Labute approximate surface area is 85.7 Å². The van der Waals surface area contributed by atoms with E-state index in [2.05, 4.69) is 4.74 Å². The maximum atomic E-state index is 11.7. The summed E-state index contributed by atoms with van der Waals surface area (Å²) in [5, 5.41) is 1.74. The van der Waals surface area contributed by atoms with Gasteiger partial charge in [0.15, 0.2) is 0 Å². The van der Waals surface area contributed by atoms with Gasteiger partial charge in [0, 0.05) is 20.3 Å². The third-order valence-electron chi connectivity index (χ3n) is 1.44. The molecular weight excluding hydrogens is 215 g/mol. The lowest BCUT2D eigenvalue weighted by atomic mass is 10.4. The first kappa shape index (κ1) is 14.2. The highest BCUT2D eigenvalue weighted by Crippen LogP contribution is 2.13. The summed E-state index contributed by atoms with van der Waals surface area (Å²) in [6, 6.07) is 0. The summed E-state index contributed by atoms with van der Waals surface area (Å²) in [6.07, 6.45) is -4.47. The quantitative estimate of drug-likeness (QED) is 0.654. The smallest absolute Gasteiger partial charge is 0.382 e. The van der Waals surface area contributed by atoms with Crippen molar-refractivity contribution >= 4 is 5.91 Å². The molecule has 0 heterocycles. The van der Waals surface area contributed by atoms with E-state index in [1.54, 1.807) is 5.32 Å². The first-order valence-corrected chi connectivity index (χ1v) is 4.40. The van der Waals surface area contributed by atoms with Gasteiger partial charge in [-0.15, -0.1) is 0 Å². The number of alkyl halides is 3. The third-order valence-corrected chi connectivity index (χ3v) is 1.44. The van der Waals surface area contributed by atoms with E-state index in [0.29, 0.717) is 26.2 Å². The molecule has 0 aromatic heterocycles. The second-order valence-corrected chi connectivity index (χ2v) is 2.71. The molecule has 0 rings (SSSR count). The second kappa shape index (κ2) is 7.47. The lowest BCUT2D eigenvalue weighted by Gasteiger charge is -2.07. The zero-order valence-corrected chi connectivity index (χ0v) is 8.39. The van der Waals surface area contributed by atoms with Crippen LogP contribution in [0.3, 0.4) is 0 Å². The van der Waals surface area contributed by atoms with E-state index < -0.39 is 12.1 Å². The van der Waals surface area contributed by atoms with E-state index in [1.807, 2.05) is 0 Å². The van der Waals surface area contributed by atoms with E-state index in [0.717, 1.165) is 0 Å². The van der Waals surface area contributed by atoms with Crippen LogP contribution in [0.5, 0.6) is 0 Å². The van der Waals surface area contributed by atoms with Crippen molar-refractivity contribution in [2.75, 3.05) is 33.5 Å². The van der Waals surface area contributed by atoms with Crippen molar-refractivity contribution in [1.29, 1.82) is 0 Å². The summed E-state index contributed by atoms with van der Waals surface area (Å²) in [4.78, 5) is 10.3. The molecule has 0 aliphatic rings. The fourth-order valence-electron chi connectivity index (χ4n) is 0.721. The summed E-state index contributed by atoms with van der Waals surface area (Å²) in [5.74, 6) is -1.92. The van der Waals surface area contributed by atoms with Crippen LogP contribution in [0.4, 0.5) is 13.2 Å². The number of carbonyl (C=O) groups is 1. The van der Waals surface area contributed by atoms with Crippen LogP contribution >= 0.6 is 0 Å². The van der Waals surface area contributed by atoms with Gasteiger partial charge in [0.25, 0.3) is 0 Å². The van der Waals surface area contributed by atoms with E-state index in [1.165, 1.54) is 7.11 Å². The first-order valence-electron chi connectivity index (χ1n) is 4.40. The average molecular weight is 229 g/mol. The highest BCUT2D eigenvalue weighted by Gasteiger charge is 2.38. The minimum absolute atomic E-state index is 0.0503. The predicted octanol–water partition coefficient (Wildman–Crippen LogP) is 0.718. The van der Waals surface area contributed by atoms with Crippen LogP contribution in [0.15, 0.2) is 0 Å². The number of amides is 1. The van der Waals surface area contributed by atoms with Crippen LogP contribution in [0.2, 0.25) is 0 Å². The molecule has 0 spiro atoms. The average Bonchev–Trinajstić information content (AvgIpc) is 2.14. The van der Waals surface area contributed by atoms with Gasteiger partial charge in [0.1, 0.15) is 0 Å². The summed E-state index contributed by atoms with van der Waals surface area (Å²) in [6.45, 7) is 1.07. The van der Waals surface area contributed by atoms with Gasteiger partial charge >= 0.3 is 12.1 Å². The van der Waals surface area contributed by atoms with Crippen molar-refractivity contribution in [3.05, 3.63) is 0 Å². The number of rotatable bonds is 7. The fraction of sp³-hybridized carbons (Fsp3) is 0.875. The second-order valence-electron chi connectivity index (χ2n) is 2.71. The van der Waals surface area contributed by atoms with Crippen LogP contribution in [-0.2, 0) is 14.3 Å². The van der Waals surface area contributed by atoms with Crippen LogP contribution in [0, 0.1) is 0 Å². The summed E-state index contributed by atoms with van der Waals surface area (Å²) < 4.78 is 44.7. The molecule has 15 heavy (non-hydrogen) atoms. The van der Waals surface area contributed by atoms with E-state index in [4.69, 9.17) is 4.74 Å². The molecular formula is C8H14F3NO3. The summed E-state index contributed by atoms with van der Waals surface area (Å²) in [5.41, 5.74) is 0. The van der Waals surface area contributed by atoms with Gasteiger partial charge in [-0.1, -0.05) is 0 Å². The minimum Gasteiger partial charge on any atom is -0.382 e. The molecule has 0 aliphatic heterocycles. The van der Waals surface area contributed by atoms with Crippen molar-refractivity contribution < 1.29 is 27.4 Å². The Morgan fingerprint density at radius 1 is 1.27 bits per heavy atom. The Bertz CT molecular complexity index is 184. The van der Waals surface area contributed by atoms with Crippen molar-refractivity contribution in [2.45, 2.75) is 12.6 Å². The molecule has 0 saturated carbocycles. The SMILES string of the molecule is COCCOCCCNC(=O)C(F)(F)F. The Morgan fingerprint density at radius 3 is 2.47 bits per heavy atom. The highest BCUT2D eigenvalue weighted by atomic mass is 19.4. The molecule has 1 amide bonds. The molecule has 4 nitrogen and oxygen atoms in total. The highest BCUT2D eigenvalue weighted by molar-refractivity contribution is 5.81. The van der Waals surface area contributed by atoms with E-state index in [-0.39, 0.29) is 6.54 Å². The predicted molar refractivity (Wildman–Crippen MR) is 46.4 cm³/mol. The van der Waals surface area contributed by atoms with Gasteiger partial charge in [-0.05, 0) is 6.42 Å². The van der Waals surface area contributed by atoms with Crippen molar-refractivity contribution in [3.63, 3.8) is 0 Å². The molecule has 0 aromatic rings. The molecule has 0 fully saturated rings. The maximum absolute atomic E-state index is 11.7. The van der Waals surface area contributed by atoms with Gasteiger partial charge in [-0.25, -0.2) is 0 Å². The standard InChI is InChI=1S/C8H14F3NO3/c1-14-5-6-15-4-2-3-12-7(13)8(9,10)11/h2-6H2,1H3,(H,12,13). The maximum Gasteiger partial charge on any atom is 0.471 e. The molecule has 0 aliphatic carbocycles. The monoisotopic (exact) mass is 229 g/mol. The zero-order chi connectivity index (χ0) is 11.7. The number of hydrogen-bond donors (Lipinski definition) is 1. The van der Waals surface area contributed by atoms with E-state index >= 15 is 0 Å². The van der Waals surface area contributed by atoms with Gasteiger partial charge in [-0.3, -0.25) is 4.79 Å². The molecule has 0 bridgehead atoms. The number of hydrogen-bond acceptors (Lipinski definition) is 3. The Balaban J connectivity index is 3.28. The lowest BCUT2D eigenvalue weighted by molar-refractivity contribution is -0.173. The van der Waals surface area contributed by atoms with Gasteiger partial charge in [-0.2, -0.15) is 13.2 Å². The molecule has 7 heteroatoms. The molecule has 0 radical (unpaired) electrons. The Hall–Kier alpha value is -0.820. The third kappa shape index (κ3) is 8.19. The first-order chi connectivity index (χ1) is 6.98. The number of nitrogens with one attached hydrogen (secondary N) is 1. The van der Waals surface area contributed by atoms with Crippen LogP contribution in [-0.4, -0.2) is 45.6 Å². The number of methoxy groups -OCH3 is 1. The zero-order valence-electron chi connectivity index (χ0n) is 8.39. The summed E-state index contributed by atoms with van der Waals surface area (Å²) >= 11 is 0. The number of carbonyl (C=O) groups excluding carboxylic acids is 1. The molecule has 0 unspecified atom stereocenters. The van der Waals surface area contributed by atoms with Crippen LogP contribution in [0.1, 0.15) is 6.42 Å². The van der Waals surface area contributed by atoms with Crippen LogP contribution < -0.4 is 5.32 Å². The summed E-state index contributed by atoms with van der Waals surface area (Å²) in [7, 11) is 1.52. The van der Waals surface area contributed by atoms with Crippen LogP contribution in [0.25, 0.3) is 0 Å². The fourth-order valence-corrected chi connectivity index (χ4v) is 0.721. The number of ether oxygens (including phenoxy) is 2. The topological polar surface area (TPSA) is 47.6 Å². The van der Waals surface area contributed by atoms with Gasteiger partial charge < -0.3 is 14.8 Å². The Morgan fingerprint density at radius 2 is 1.93 bits per heavy atom. The normalized spacial score (nSPS) is 11.5. The van der Waals surface area contributed by atoms with Crippen molar-refractivity contribution in [2.24, 2.45) is 0 Å². The Kier molecular flexibility index (Phi) is 7.06. The molecule has 90 valence electrons. The number of halogens is 3. The van der Waals surface area contributed by atoms with Gasteiger partial charge in [0.2, 0.25) is 0 Å². The van der Waals surface area contributed by atoms with E-state index in [9.17, 15) is 18.0 Å². The van der Waals surface area contributed by atoms with Crippen molar-refractivity contribution in [1.82, 2.24) is 5.32 Å². The largest absolute Gasteiger partial charge is 0.471 e.